The Hall–Kier alpha value is 1.51. The second kappa shape index (κ2) is 23.2. The number of aliphatic hydroxyl groups is 1. The number of aliphatic hydroxyl groups excluding tert-OH is 1. The molecule has 28 heavy (non-hydrogen) atoms. The fraction of sp³-hybridized carbons (Fsp3) is 1.00. The first kappa shape index (κ1) is 31.7. The fourth-order valence-corrected chi connectivity index (χ4v) is 4.11. The van der Waals surface area contributed by atoms with Crippen molar-refractivity contribution in [1.82, 2.24) is 0 Å². The molecule has 0 aliphatic rings. The van der Waals surface area contributed by atoms with Crippen LogP contribution in [0.2, 0.25) is 0 Å². The van der Waals surface area contributed by atoms with Crippen LogP contribution in [0.3, 0.4) is 0 Å². The van der Waals surface area contributed by atoms with E-state index < -0.39 is 10.1 Å². The van der Waals surface area contributed by atoms with Crippen molar-refractivity contribution in [2.24, 2.45) is 0 Å². The van der Waals surface area contributed by atoms with Gasteiger partial charge in [-0.3, -0.25) is 0 Å². The summed E-state index contributed by atoms with van der Waals surface area (Å²) in [4.78, 5) is 0. The van der Waals surface area contributed by atoms with Crippen molar-refractivity contribution in [3.8, 4) is 0 Å². The minimum Gasteiger partial charge on any atom is -0.748 e. The molecule has 0 aromatic heterocycles. The Balaban J connectivity index is 0. The summed E-state index contributed by atoms with van der Waals surface area (Å²) in [6.07, 6.45) is 21.9. The van der Waals surface area contributed by atoms with Gasteiger partial charge in [-0.25, -0.2) is 8.42 Å². The molecule has 1 atom stereocenters. The average Bonchev–Trinajstić information content (AvgIpc) is 2.61. The molecule has 0 aromatic carbocycles. The zero-order chi connectivity index (χ0) is 20.2. The zero-order valence-electron chi connectivity index (χ0n) is 18.8. The van der Waals surface area contributed by atoms with Gasteiger partial charge in [0.2, 0.25) is 0 Å². The molecular formula is C22H45KO4S. The minimum absolute atomic E-state index is 0. The molecule has 0 saturated heterocycles. The Morgan fingerprint density at radius 2 is 0.964 bits per heavy atom. The van der Waals surface area contributed by atoms with Crippen LogP contribution in [-0.2, 0) is 10.1 Å². The van der Waals surface area contributed by atoms with Gasteiger partial charge in [0.25, 0.3) is 0 Å². The first-order valence-electron chi connectivity index (χ1n) is 11.6. The Bertz CT molecular complexity index is 401. The second-order valence-corrected chi connectivity index (χ2v) is 9.67. The van der Waals surface area contributed by atoms with Crippen LogP contribution in [-0.4, -0.2) is 29.9 Å². The van der Waals surface area contributed by atoms with Crippen molar-refractivity contribution in [2.45, 2.75) is 135 Å². The number of rotatable bonds is 21. The molecule has 0 rings (SSSR count). The molecule has 0 bridgehead atoms. The van der Waals surface area contributed by atoms with Crippen LogP contribution in [0.5, 0.6) is 0 Å². The first-order valence-corrected chi connectivity index (χ1v) is 13.1. The van der Waals surface area contributed by atoms with Gasteiger partial charge in [-0.1, -0.05) is 110 Å². The molecule has 0 radical (unpaired) electrons. The van der Waals surface area contributed by atoms with Crippen LogP contribution < -0.4 is 51.4 Å². The Morgan fingerprint density at radius 3 is 1.32 bits per heavy atom. The summed E-state index contributed by atoms with van der Waals surface area (Å²) in [5.74, 6) is -0.255. The molecule has 0 amide bonds. The second-order valence-electron chi connectivity index (χ2n) is 8.15. The Morgan fingerprint density at radius 1 is 0.643 bits per heavy atom. The number of hydrogen-bond acceptors (Lipinski definition) is 4. The summed E-state index contributed by atoms with van der Waals surface area (Å²) in [6, 6.07) is 0. The average molecular weight is 445 g/mol. The topological polar surface area (TPSA) is 77.4 Å². The van der Waals surface area contributed by atoms with Crippen LogP contribution in [0.1, 0.15) is 129 Å². The third-order valence-electron chi connectivity index (χ3n) is 5.32. The van der Waals surface area contributed by atoms with Gasteiger partial charge in [0.1, 0.15) is 0 Å². The van der Waals surface area contributed by atoms with Crippen molar-refractivity contribution in [2.75, 3.05) is 5.75 Å². The molecule has 0 spiro atoms. The SMILES string of the molecule is CCCCCCCCCCCCCCCC(O)CCCCCCS(=O)(=O)[O-].[K+]. The Labute approximate surface area is 218 Å². The monoisotopic (exact) mass is 444 g/mol. The minimum atomic E-state index is -4.06. The third kappa shape index (κ3) is 27.5. The van der Waals surface area contributed by atoms with Gasteiger partial charge >= 0.3 is 51.4 Å². The summed E-state index contributed by atoms with van der Waals surface area (Å²) < 4.78 is 31.4. The molecule has 4 nitrogen and oxygen atoms in total. The van der Waals surface area contributed by atoms with Gasteiger partial charge < -0.3 is 9.66 Å². The standard InChI is InChI=1S/C22H46O4S.K/c1-2-3-4-5-6-7-8-9-10-11-12-13-16-19-22(23)20-17-14-15-18-21-27(24,25)26;/h22-23H,2-21H2,1H3,(H,24,25,26);/q;+1/p-1. The summed E-state index contributed by atoms with van der Waals surface area (Å²) >= 11 is 0. The van der Waals surface area contributed by atoms with Gasteiger partial charge in [-0.05, 0) is 19.3 Å². The number of hydrogen-bond donors (Lipinski definition) is 1. The van der Waals surface area contributed by atoms with Crippen molar-refractivity contribution in [3.63, 3.8) is 0 Å². The van der Waals surface area contributed by atoms with Gasteiger partial charge in [-0.2, -0.15) is 0 Å². The number of unbranched alkanes of at least 4 members (excludes halogenated alkanes) is 15. The van der Waals surface area contributed by atoms with Crippen molar-refractivity contribution in [1.29, 1.82) is 0 Å². The molecule has 1 N–H and O–H groups in total. The van der Waals surface area contributed by atoms with Gasteiger partial charge in [0, 0.05) is 5.75 Å². The summed E-state index contributed by atoms with van der Waals surface area (Å²) in [6.45, 7) is 2.26. The molecule has 0 fully saturated rings. The van der Waals surface area contributed by atoms with Crippen LogP contribution in [0.15, 0.2) is 0 Å². The van der Waals surface area contributed by atoms with E-state index in [0.717, 1.165) is 38.5 Å². The quantitative estimate of drug-likeness (QED) is 0.167. The molecule has 164 valence electrons. The maximum atomic E-state index is 10.5. The van der Waals surface area contributed by atoms with E-state index in [-0.39, 0.29) is 63.2 Å². The van der Waals surface area contributed by atoms with E-state index in [2.05, 4.69) is 6.92 Å². The smallest absolute Gasteiger partial charge is 0.748 e. The van der Waals surface area contributed by atoms with E-state index >= 15 is 0 Å². The van der Waals surface area contributed by atoms with E-state index in [1.807, 2.05) is 0 Å². The van der Waals surface area contributed by atoms with Gasteiger partial charge in [-0.15, -0.1) is 0 Å². The van der Waals surface area contributed by atoms with Crippen molar-refractivity contribution in [3.05, 3.63) is 0 Å². The fourth-order valence-electron chi connectivity index (χ4n) is 3.55. The summed E-state index contributed by atoms with van der Waals surface area (Å²) in [5, 5.41) is 9.97. The summed E-state index contributed by atoms with van der Waals surface area (Å²) in [7, 11) is -4.06. The van der Waals surface area contributed by atoms with Crippen molar-refractivity contribution >= 4 is 10.1 Å². The van der Waals surface area contributed by atoms with Crippen LogP contribution >= 0.6 is 0 Å². The van der Waals surface area contributed by atoms with E-state index in [1.165, 1.54) is 77.0 Å². The molecular weight excluding hydrogens is 399 g/mol. The largest absolute Gasteiger partial charge is 1.00 e. The molecule has 0 aromatic rings. The predicted molar refractivity (Wildman–Crippen MR) is 114 cm³/mol. The molecule has 0 heterocycles. The molecule has 0 aliphatic carbocycles. The molecule has 6 heteroatoms. The third-order valence-corrected chi connectivity index (χ3v) is 6.11. The molecule has 0 saturated carbocycles. The summed E-state index contributed by atoms with van der Waals surface area (Å²) in [5.41, 5.74) is 0. The van der Waals surface area contributed by atoms with E-state index in [0.29, 0.717) is 6.42 Å². The molecule has 0 aliphatic heterocycles. The normalized spacial score (nSPS) is 12.7. The van der Waals surface area contributed by atoms with Crippen LogP contribution in [0.4, 0.5) is 0 Å². The molecule has 1 unspecified atom stereocenters. The van der Waals surface area contributed by atoms with E-state index in [1.54, 1.807) is 0 Å². The van der Waals surface area contributed by atoms with Gasteiger partial charge in [0.05, 0.1) is 16.2 Å². The maximum absolute atomic E-state index is 10.5. The van der Waals surface area contributed by atoms with Gasteiger partial charge in [0.15, 0.2) is 0 Å². The van der Waals surface area contributed by atoms with E-state index in [9.17, 15) is 18.1 Å². The predicted octanol–water partition coefficient (Wildman–Crippen LogP) is 3.33. The first-order chi connectivity index (χ1) is 13.0. The maximum Gasteiger partial charge on any atom is 1.00 e. The Kier molecular flexibility index (Phi) is 26.2. The van der Waals surface area contributed by atoms with Crippen LogP contribution in [0, 0.1) is 0 Å². The van der Waals surface area contributed by atoms with E-state index in [4.69, 9.17) is 0 Å². The van der Waals surface area contributed by atoms with Crippen molar-refractivity contribution < 1.29 is 69.5 Å². The van der Waals surface area contributed by atoms with Crippen LogP contribution in [0.25, 0.3) is 0 Å². The zero-order valence-corrected chi connectivity index (χ0v) is 22.7.